The van der Waals surface area contributed by atoms with Crippen LogP contribution in [0.25, 0.3) is 0 Å². The first-order chi connectivity index (χ1) is 9.93. The number of rotatable bonds is 4. The lowest BCUT2D eigenvalue weighted by atomic mass is 9.79. The third-order valence-corrected chi connectivity index (χ3v) is 3.93. The second kappa shape index (κ2) is 6.03. The van der Waals surface area contributed by atoms with E-state index in [0.717, 1.165) is 19.3 Å². The Morgan fingerprint density at radius 1 is 1.10 bits per heavy atom. The maximum atomic E-state index is 12.3. The minimum atomic E-state index is -0.973. The molecule has 0 spiro atoms. The van der Waals surface area contributed by atoms with Crippen molar-refractivity contribution >= 4 is 11.9 Å². The summed E-state index contributed by atoms with van der Waals surface area (Å²) in [6.07, 6.45) is 3.71. The monoisotopic (exact) mass is 293 g/mol. The molecule has 1 aromatic carbocycles. The van der Waals surface area contributed by atoms with Crippen molar-refractivity contribution in [3.8, 4) is 11.5 Å². The van der Waals surface area contributed by atoms with E-state index in [1.54, 1.807) is 0 Å². The van der Waals surface area contributed by atoms with Gasteiger partial charge in [0.15, 0.2) is 0 Å². The number of aromatic hydroxyl groups is 2. The predicted molar refractivity (Wildman–Crippen MR) is 75.3 cm³/mol. The number of phenolic OH excluding ortho intramolecular Hbond substituents is 2. The van der Waals surface area contributed by atoms with E-state index in [2.05, 4.69) is 5.32 Å². The first-order valence-electron chi connectivity index (χ1n) is 6.99. The highest BCUT2D eigenvalue weighted by molar-refractivity contribution is 6.00. The molecule has 1 fully saturated rings. The summed E-state index contributed by atoms with van der Waals surface area (Å²) in [5, 5.41) is 31.2. The van der Waals surface area contributed by atoms with E-state index in [9.17, 15) is 19.8 Å². The number of carboxylic acids is 1. The summed E-state index contributed by atoms with van der Waals surface area (Å²) in [6, 6.07) is 4.04. The van der Waals surface area contributed by atoms with Gasteiger partial charge < -0.3 is 20.6 Å². The molecule has 1 aliphatic rings. The van der Waals surface area contributed by atoms with Crippen LogP contribution < -0.4 is 5.32 Å². The number of hydrogen-bond donors (Lipinski definition) is 4. The van der Waals surface area contributed by atoms with Crippen molar-refractivity contribution in [1.29, 1.82) is 0 Å². The summed E-state index contributed by atoms with van der Waals surface area (Å²) in [5.41, 5.74) is -1.02. The fraction of sp³-hybridized carbons (Fsp3) is 0.467. The Kier molecular flexibility index (Phi) is 4.35. The molecule has 6 heteroatoms. The van der Waals surface area contributed by atoms with Gasteiger partial charge in [-0.3, -0.25) is 9.59 Å². The first-order valence-corrected chi connectivity index (χ1v) is 6.99. The van der Waals surface area contributed by atoms with E-state index in [-0.39, 0.29) is 23.5 Å². The van der Waals surface area contributed by atoms with E-state index >= 15 is 0 Å². The summed E-state index contributed by atoms with van der Waals surface area (Å²) in [7, 11) is 0. The smallest absolute Gasteiger partial charge is 0.305 e. The molecule has 0 heterocycles. The molecule has 0 saturated heterocycles. The molecule has 1 amide bonds. The van der Waals surface area contributed by atoms with Crippen molar-refractivity contribution in [3.63, 3.8) is 0 Å². The van der Waals surface area contributed by atoms with E-state index < -0.39 is 17.4 Å². The minimum Gasteiger partial charge on any atom is -0.507 e. The first kappa shape index (κ1) is 15.2. The Bertz CT molecular complexity index is 529. The minimum absolute atomic E-state index is 0.160. The van der Waals surface area contributed by atoms with Crippen molar-refractivity contribution in [3.05, 3.63) is 23.8 Å². The van der Waals surface area contributed by atoms with Gasteiger partial charge in [0.1, 0.15) is 17.1 Å². The Morgan fingerprint density at radius 2 is 1.67 bits per heavy atom. The lowest BCUT2D eigenvalue weighted by Crippen LogP contribution is -2.51. The van der Waals surface area contributed by atoms with Crippen LogP contribution in [0.4, 0.5) is 0 Å². The topological polar surface area (TPSA) is 107 Å². The van der Waals surface area contributed by atoms with E-state index in [4.69, 9.17) is 5.11 Å². The van der Waals surface area contributed by atoms with Crippen molar-refractivity contribution in [2.24, 2.45) is 0 Å². The molecular weight excluding hydrogens is 274 g/mol. The molecular formula is C15H19NO5. The van der Waals surface area contributed by atoms with Gasteiger partial charge in [-0.2, -0.15) is 0 Å². The van der Waals surface area contributed by atoms with Gasteiger partial charge in [0.25, 0.3) is 5.91 Å². The van der Waals surface area contributed by atoms with Crippen LogP contribution in [0.1, 0.15) is 48.9 Å². The van der Waals surface area contributed by atoms with Gasteiger partial charge in [-0.1, -0.05) is 25.3 Å². The van der Waals surface area contributed by atoms with Gasteiger partial charge in [0.2, 0.25) is 0 Å². The molecule has 2 rings (SSSR count). The maximum Gasteiger partial charge on any atom is 0.305 e. The molecule has 6 nitrogen and oxygen atoms in total. The number of carbonyl (C=O) groups excluding carboxylic acids is 1. The van der Waals surface area contributed by atoms with E-state index in [1.807, 2.05) is 0 Å². The molecule has 0 bridgehead atoms. The number of hydrogen-bond acceptors (Lipinski definition) is 4. The zero-order valence-corrected chi connectivity index (χ0v) is 11.6. The van der Waals surface area contributed by atoms with Crippen molar-refractivity contribution in [2.75, 3.05) is 0 Å². The van der Waals surface area contributed by atoms with Crippen LogP contribution in [-0.4, -0.2) is 32.7 Å². The van der Waals surface area contributed by atoms with Gasteiger partial charge in [-0.05, 0) is 25.0 Å². The number of benzene rings is 1. The molecule has 1 aliphatic carbocycles. The van der Waals surface area contributed by atoms with Crippen LogP contribution in [0.2, 0.25) is 0 Å². The zero-order chi connectivity index (χ0) is 15.5. The van der Waals surface area contributed by atoms with Gasteiger partial charge in [0, 0.05) is 0 Å². The predicted octanol–water partition coefficient (Wildman–Crippen LogP) is 2.01. The quantitative estimate of drug-likeness (QED) is 0.679. The van der Waals surface area contributed by atoms with E-state index in [1.165, 1.54) is 18.2 Å². The Balaban J connectivity index is 2.24. The maximum absolute atomic E-state index is 12.3. The van der Waals surface area contributed by atoms with Crippen molar-refractivity contribution in [2.45, 2.75) is 44.1 Å². The normalized spacial score (nSPS) is 17.1. The fourth-order valence-corrected chi connectivity index (χ4v) is 2.93. The van der Waals surface area contributed by atoms with Gasteiger partial charge >= 0.3 is 5.97 Å². The van der Waals surface area contributed by atoms with E-state index in [0.29, 0.717) is 12.8 Å². The molecule has 21 heavy (non-hydrogen) atoms. The lowest BCUT2D eigenvalue weighted by molar-refractivity contribution is -0.139. The second-order valence-corrected chi connectivity index (χ2v) is 5.54. The standard InChI is InChI=1S/C15H19NO5/c17-10-5-4-6-11(18)13(10)14(21)16-15(9-12(19)20)7-2-1-3-8-15/h4-6,17-18H,1-3,7-9H2,(H,16,21)(H,19,20). The summed E-state index contributed by atoms with van der Waals surface area (Å²) in [6.45, 7) is 0. The Labute approximate surface area is 122 Å². The Hall–Kier alpha value is -2.24. The number of carboxylic acid groups (broad SMARTS) is 1. The lowest BCUT2D eigenvalue weighted by Gasteiger charge is -2.37. The largest absolute Gasteiger partial charge is 0.507 e. The molecule has 114 valence electrons. The molecule has 1 saturated carbocycles. The zero-order valence-electron chi connectivity index (χ0n) is 11.6. The molecule has 0 aromatic heterocycles. The highest BCUT2D eigenvalue weighted by Gasteiger charge is 2.36. The fourth-order valence-electron chi connectivity index (χ4n) is 2.93. The van der Waals surface area contributed by atoms with Crippen molar-refractivity contribution < 1.29 is 24.9 Å². The average Bonchev–Trinajstić information content (AvgIpc) is 2.38. The third kappa shape index (κ3) is 3.45. The SMILES string of the molecule is O=C(O)CC1(NC(=O)c2c(O)cccc2O)CCCCC1. The van der Waals surface area contributed by atoms with Gasteiger partial charge in [-0.25, -0.2) is 0 Å². The van der Waals surface area contributed by atoms with Crippen LogP contribution in [0.15, 0.2) is 18.2 Å². The number of nitrogens with one attached hydrogen (secondary N) is 1. The second-order valence-electron chi connectivity index (χ2n) is 5.54. The van der Waals surface area contributed by atoms with Crippen LogP contribution in [0.5, 0.6) is 11.5 Å². The molecule has 1 aromatic rings. The summed E-state index contributed by atoms with van der Waals surface area (Å²) in [4.78, 5) is 23.4. The molecule has 0 aliphatic heterocycles. The average molecular weight is 293 g/mol. The highest BCUT2D eigenvalue weighted by Crippen LogP contribution is 2.33. The number of amides is 1. The molecule has 4 N–H and O–H groups in total. The highest BCUT2D eigenvalue weighted by atomic mass is 16.4. The summed E-state index contributed by atoms with van der Waals surface area (Å²) in [5.74, 6) is -2.27. The van der Waals surface area contributed by atoms with Crippen LogP contribution in [-0.2, 0) is 4.79 Å². The van der Waals surface area contributed by atoms with Crippen LogP contribution in [0.3, 0.4) is 0 Å². The van der Waals surface area contributed by atoms with Crippen LogP contribution in [0, 0.1) is 0 Å². The molecule has 0 radical (unpaired) electrons. The van der Waals surface area contributed by atoms with Crippen LogP contribution >= 0.6 is 0 Å². The third-order valence-electron chi connectivity index (χ3n) is 3.93. The van der Waals surface area contributed by atoms with Gasteiger partial charge in [0.05, 0.1) is 12.0 Å². The number of phenols is 2. The van der Waals surface area contributed by atoms with Crippen molar-refractivity contribution in [1.82, 2.24) is 5.32 Å². The number of aliphatic carboxylic acids is 1. The number of carbonyl (C=O) groups is 2. The summed E-state index contributed by atoms with van der Waals surface area (Å²) < 4.78 is 0. The molecule has 0 unspecified atom stereocenters. The Morgan fingerprint density at radius 3 is 2.19 bits per heavy atom. The van der Waals surface area contributed by atoms with Gasteiger partial charge in [-0.15, -0.1) is 0 Å². The molecule has 0 atom stereocenters. The summed E-state index contributed by atoms with van der Waals surface area (Å²) >= 11 is 0.